The molecule has 16 aromatic rings. The molecule has 0 unspecified atom stereocenters. The smallest absolute Gasteiger partial charge is 0.651 e. The van der Waals surface area contributed by atoms with Crippen molar-refractivity contribution in [1.82, 2.24) is 0 Å². The van der Waals surface area contributed by atoms with Crippen LogP contribution >= 0.6 is 31.7 Å². The molecule has 0 saturated heterocycles. The SMILES string of the molecule is [Cu+2].[Cu+2].c1ccc(-c2ccc([PH+](c3ccccc3)c3ccccc3)c([N-]c3cc(-c4ccccc4)ccc3[PH+](c3ccccc3)c3ccccc3)c2)cc1.c1ccc(-c2ccc([PH+](c3ccccc3)c3ccccc3)c([N-]c3cc(-c4ccccc4)ccc3[PH+](c3ccccc3)c3ccccc3)c2)cc1. The summed E-state index contributed by atoms with van der Waals surface area (Å²) in [6.45, 7) is 0. The van der Waals surface area contributed by atoms with E-state index in [-0.39, 0.29) is 34.1 Å². The van der Waals surface area contributed by atoms with Crippen molar-refractivity contribution in [3.05, 3.63) is 447 Å². The Morgan fingerprint density at radius 2 is 0.269 bits per heavy atom. The molecule has 8 heteroatoms. The fraction of sp³-hybridized carbons (Fsp3) is 0. The van der Waals surface area contributed by atoms with Crippen LogP contribution in [0, 0.1) is 0 Å². The van der Waals surface area contributed by atoms with Crippen LogP contribution < -0.4 is 63.7 Å². The van der Waals surface area contributed by atoms with Crippen LogP contribution in [-0.2, 0) is 34.1 Å². The normalized spacial score (nSPS) is 10.9. The molecule has 0 aliphatic heterocycles. The topological polar surface area (TPSA) is 28.2 Å². The van der Waals surface area contributed by atoms with E-state index in [2.05, 4.69) is 437 Å². The van der Waals surface area contributed by atoms with Crippen LogP contribution in [0.25, 0.3) is 55.1 Å². The fourth-order valence-electron chi connectivity index (χ4n) is 13.6. The van der Waals surface area contributed by atoms with Crippen LogP contribution in [0.2, 0.25) is 0 Å². The predicted molar refractivity (Wildman–Crippen MR) is 453 cm³/mol. The monoisotopic (exact) mass is 1510 g/mol. The van der Waals surface area contributed by atoms with Crippen LogP contribution in [0.3, 0.4) is 0 Å². The third kappa shape index (κ3) is 17.2. The molecule has 2 nitrogen and oxygen atoms in total. The minimum atomic E-state index is -1.41. The molecule has 104 heavy (non-hydrogen) atoms. The second kappa shape index (κ2) is 35.9. The Balaban J connectivity index is 0.000000181. The molecule has 16 rings (SSSR count). The standard InChI is InChI=1S/2C48H36NP2.2Cu/c2*1-7-19-37(20-8-1)39-31-33-47(50(41-23-11-3-12-24-41)42-25-13-4-14-26-42)45(35-39)49-46-36-40(38-21-9-2-10-22-38)32-34-48(46)51(43-27-15-5-16-28-43)44-29-17-6-18-30-44;;/h2*1-36H;;/q2*-1;2*+2/p+4. The summed E-state index contributed by atoms with van der Waals surface area (Å²) >= 11 is 0. The Bertz CT molecular complexity index is 4480. The van der Waals surface area contributed by atoms with Crippen LogP contribution in [-0.4, -0.2) is 0 Å². The van der Waals surface area contributed by atoms with Gasteiger partial charge in [0.2, 0.25) is 0 Å². The fourth-order valence-corrected chi connectivity index (χ4v) is 24.2. The molecule has 16 aromatic carbocycles. The summed E-state index contributed by atoms with van der Waals surface area (Å²) in [5.41, 5.74) is 13.5. The molecule has 0 bridgehead atoms. The Kier molecular flexibility index (Phi) is 24.9. The van der Waals surface area contributed by atoms with Crippen molar-refractivity contribution in [2.45, 2.75) is 0 Å². The third-order valence-corrected chi connectivity index (χ3v) is 29.6. The van der Waals surface area contributed by atoms with Crippen molar-refractivity contribution in [2.75, 3.05) is 0 Å². The van der Waals surface area contributed by atoms with Crippen LogP contribution in [0.15, 0.2) is 437 Å². The van der Waals surface area contributed by atoms with Crippen molar-refractivity contribution in [2.24, 2.45) is 0 Å². The van der Waals surface area contributed by atoms with Gasteiger partial charge in [0.15, 0.2) is 0 Å². The van der Waals surface area contributed by atoms with Gasteiger partial charge in [-0.05, 0) is 166 Å². The van der Waals surface area contributed by atoms with E-state index in [4.69, 9.17) is 10.6 Å². The molecule has 506 valence electrons. The van der Waals surface area contributed by atoms with Crippen molar-refractivity contribution < 1.29 is 34.1 Å². The molecule has 0 amide bonds. The minimum absolute atomic E-state index is 0. The summed E-state index contributed by atoms with van der Waals surface area (Å²) in [4.78, 5) is 0. The minimum Gasteiger partial charge on any atom is -0.651 e. The zero-order valence-electron chi connectivity index (χ0n) is 57.1. The van der Waals surface area contributed by atoms with Gasteiger partial charge in [-0.1, -0.05) is 338 Å². The molecule has 0 fully saturated rings. The molecular weight excluding hydrogens is 1430 g/mol. The van der Waals surface area contributed by atoms with E-state index >= 15 is 0 Å². The van der Waals surface area contributed by atoms with E-state index in [1.54, 1.807) is 0 Å². The first kappa shape index (κ1) is 72.2. The van der Waals surface area contributed by atoms with E-state index in [1.165, 1.54) is 85.9 Å². The summed E-state index contributed by atoms with van der Waals surface area (Å²) in [6, 6.07) is 158. The maximum atomic E-state index is 5.81. The summed E-state index contributed by atoms with van der Waals surface area (Å²) in [6.07, 6.45) is 0. The van der Waals surface area contributed by atoms with Gasteiger partial charge in [-0.3, -0.25) is 0 Å². The summed E-state index contributed by atoms with van der Waals surface area (Å²) in [5, 5.41) is 27.5. The maximum Gasteiger partial charge on any atom is 2.00 e. The molecule has 0 N–H and O–H groups in total. The summed E-state index contributed by atoms with van der Waals surface area (Å²) in [5.74, 6) is 0. The number of benzene rings is 16. The van der Waals surface area contributed by atoms with Crippen molar-refractivity contribution >= 4 is 118 Å². The van der Waals surface area contributed by atoms with E-state index in [0.717, 1.165) is 45.0 Å². The van der Waals surface area contributed by atoms with Crippen molar-refractivity contribution in [3.63, 3.8) is 0 Å². The van der Waals surface area contributed by atoms with Crippen molar-refractivity contribution in [3.8, 4) is 44.5 Å². The Hall–Kier alpha value is -10.1. The molecule has 2 radical (unpaired) electrons. The van der Waals surface area contributed by atoms with Gasteiger partial charge in [0.25, 0.3) is 0 Å². The van der Waals surface area contributed by atoms with Gasteiger partial charge in [0, 0.05) is 0 Å². The van der Waals surface area contributed by atoms with Gasteiger partial charge >= 0.3 is 34.1 Å². The van der Waals surface area contributed by atoms with Crippen molar-refractivity contribution in [1.29, 1.82) is 0 Å². The van der Waals surface area contributed by atoms with Gasteiger partial charge in [-0.2, -0.15) is 0 Å². The first-order valence-corrected chi connectivity index (χ1v) is 40.8. The first-order valence-electron chi connectivity index (χ1n) is 34.8. The summed E-state index contributed by atoms with van der Waals surface area (Å²) < 4.78 is 0. The van der Waals surface area contributed by atoms with Crippen LogP contribution in [0.4, 0.5) is 22.7 Å². The van der Waals surface area contributed by atoms with E-state index in [9.17, 15) is 0 Å². The second-order valence-corrected chi connectivity index (χ2v) is 34.8. The predicted octanol–water partition coefficient (Wildman–Crippen LogP) is 20.7. The zero-order chi connectivity index (χ0) is 68.5. The molecule has 0 aromatic heterocycles. The number of hydrogen-bond acceptors (Lipinski definition) is 0. The summed E-state index contributed by atoms with van der Waals surface area (Å²) in [7, 11) is -5.63. The maximum absolute atomic E-state index is 5.81. The number of nitrogens with zero attached hydrogens (tertiary/aromatic N) is 2. The first-order chi connectivity index (χ1) is 50.6. The Morgan fingerprint density at radius 1 is 0.135 bits per heavy atom. The van der Waals surface area contributed by atoms with Gasteiger partial charge < -0.3 is 10.6 Å². The average Bonchev–Trinajstić information content (AvgIpc) is 0.778. The number of hydrogen-bond donors (Lipinski definition) is 0. The molecule has 0 aliphatic rings. The van der Waals surface area contributed by atoms with Gasteiger partial charge in [0.1, 0.15) is 42.4 Å². The molecule has 0 spiro atoms. The van der Waals surface area contributed by atoms with Gasteiger partial charge in [-0.15, -0.1) is 0 Å². The van der Waals surface area contributed by atoms with Crippen LogP contribution in [0.1, 0.15) is 0 Å². The van der Waals surface area contributed by atoms with E-state index in [0.29, 0.717) is 0 Å². The van der Waals surface area contributed by atoms with Gasteiger partial charge in [0.05, 0.1) is 52.9 Å². The van der Waals surface area contributed by atoms with E-state index in [1.807, 2.05) is 0 Å². The van der Waals surface area contributed by atoms with E-state index < -0.39 is 31.7 Å². The van der Waals surface area contributed by atoms with Crippen LogP contribution in [0.5, 0.6) is 0 Å². The second-order valence-electron chi connectivity index (χ2n) is 25.0. The molecule has 0 saturated carbocycles. The largest absolute Gasteiger partial charge is 2.00 e. The molecule has 0 heterocycles. The average molecular weight is 1510 g/mol. The Labute approximate surface area is 639 Å². The molecule has 0 aliphatic carbocycles. The Morgan fingerprint density at radius 3 is 0.413 bits per heavy atom. The number of rotatable bonds is 20. The quantitative estimate of drug-likeness (QED) is 0.0537. The third-order valence-electron chi connectivity index (χ3n) is 18.5. The zero-order valence-corrected chi connectivity index (χ0v) is 62.9. The molecular formula is C96H76Cu2N2P4+6. The van der Waals surface area contributed by atoms with Gasteiger partial charge in [-0.25, -0.2) is 0 Å². The molecule has 0 atom stereocenters.